The fourth-order valence-electron chi connectivity index (χ4n) is 5.01. The van der Waals surface area contributed by atoms with Crippen molar-refractivity contribution in [3.8, 4) is 0 Å². The molecule has 0 saturated carbocycles. The summed E-state index contributed by atoms with van der Waals surface area (Å²) < 4.78 is 3.30. The van der Waals surface area contributed by atoms with Gasteiger partial charge in [-0.3, -0.25) is 9.36 Å². The van der Waals surface area contributed by atoms with Gasteiger partial charge in [-0.25, -0.2) is 19.5 Å². The van der Waals surface area contributed by atoms with Gasteiger partial charge < -0.3 is 9.88 Å². The molecule has 193 valence electrons. The fourth-order valence-corrected chi connectivity index (χ4v) is 5.65. The van der Waals surface area contributed by atoms with Crippen LogP contribution in [-0.2, 0) is 0 Å². The molecule has 0 aromatic carbocycles. The number of nitrogens with one attached hydrogen (secondary N) is 1. The average molecular weight is 536 g/mol. The van der Waals surface area contributed by atoms with E-state index in [1.807, 2.05) is 32.1 Å². The van der Waals surface area contributed by atoms with E-state index < -0.39 is 0 Å². The Hall–Kier alpha value is -3.24. The number of hydrogen-bond donors (Lipinski definition) is 1. The number of aromatic nitrogens is 7. The van der Waals surface area contributed by atoms with Gasteiger partial charge >= 0.3 is 0 Å². The van der Waals surface area contributed by atoms with E-state index in [2.05, 4.69) is 55.8 Å². The van der Waals surface area contributed by atoms with Crippen molar-refractivity contribution in [1.29, 1.82) is 0 Å². The minimum absolute atomic E-state index is 0.0721. The molecule has 3 atom stereocenters. The van der Waals surface area contributed by atoms with E-state index in [0.717, 1.165) is 29.9 Å². The van der Waals surface area contributed by atoms with Gasteiger partial charge in [0, 0.05) is 40.6 Å². The lowest BCUT2D eigenvalue weighted by molar-refractivity contribution is 0.422. The molecule has 0 aliphatic rings. The molecule has 11 heteroatoms. The van der Waals surface area contributed by atoms with Crippen LogP contribution in [0.25, 0.3) is 22.4 Å². The third-order valence-corrected chi connectivity index (χ3v) is 7.82. The van der Waals surface area contributed by atoms with E-state index in [-0.39, 0.29) is 23.1 Å². The number of aromatic amines is 1. The second-order valence-electron chi connectivity index (χ2n) is 8.77. The van der Waals surface area contributed by atoms with Gasteiger partial charge in [-0.1, -0.05) is 44.0 Å². The highest BCUT2D eigenvalue weighted by atomic mass is 35.5. The molecule has 3 unspecified atom stereocenters. The van der Waals surface area contributed by atoms with Crippen LogP contribution in [0.3, 0.4) is 0 Å². The predicted octanol–water partition coefficient (Wildman–Crippen LogP) is 5.01. The number of nitrogens with zero attached hydrogens (tertiary/aromatic N) is 7. The van der Waals surface area contributed by atoms with Crippen molar-refractivity contribution in [3.63, 3.8) is 0 Å². The summed E-state index contributed by atoms with van der Waals surface area (Å²) in [4.78, 5) is 32.7. The SMILES string of the molecule is CC=CC(=CC)n1c(C(CC)C(C([Si])CC)N(CC)c2ncnc3nc[nH]c23)nn2ccc(Cl)c2c1=O. The summed E-state index contributed by atoms with van der Waals surface area (Å²) in [6.07, 6.45) is 12.3. The lowest BCUT2D eigenvalue weighted by Crippen LogP contribution is -2.45. The zero-order valence-electron chi connectivity index (χ0n) is 21.8. The number of hydrogen-bond acceptors (Lipinski definition) is 6. The Labute approximate surface area is 224 Å². The lowest BCUT2D eigenvalue weighted by atomic mass is 9.89. The third-order valence-electron chi connectivity index (χ3n) is 6.77. The van der Waals surface area contributed by atoms with Gasteiger partial charge in [-0.2, -0.15) is 5.10 Å². The summed E-state index contributed by atoms with van der Waals surface area (Å²) in [5.41, 5.74) is 2.36. The van der Waals surface area contributed by atoms with Crippen LogP contribution in [0.15, 0.2) is 47.9 Å². The highest BCUT2D eigenvalue weighted by Gasteiger charge is 2.36. The van der Waals surface area contributed by atoms with E-state index in [9.17, 15) is 4.79 Å². The summed E-state index contributed by atoms with van der Waals surface area (Å²) in [6.45, 7) is 10.9. The quantitative estimate of drug-likeness (QED) is 0.226. The molecule has 1 N–H and O–H groups in total. The normalized spacial score (nSPS) is 15.1. The van der Waals surface area contributed by atoms with Crippen LogP contribution < -0.4 is 10.5 Å². The van der Waals surface area contributed by atoms with Gasteiger partial charge in [0.1, 0.15) is 23.2 Å². The van der Waals surface area contributed by atoms with Crippen LogP contribution in [0.4, 0.5) is 5.82 Å². The zero-order valence-corrected chi connectivity index (χ0v) is 23.6. The predicted molar refractivity (Wildman–Crippen MR) is 151 cm³/mol. The standard InChI is InChI=1S/C26H32ClN8OSi/c1-6-11-16(7-2)35-24(32-34-13-12-18(27)22(34)26(35)36)17(8-3)21(19(37)9-4)33(10-5)25-20-23(29-14-28-20)30-15-31-25/h6-7,11-15,17,19,21H,8-10H2,1-5H3,(H,28,29,30,31). The highest BCUT2D eigenvalue weighted by Crippen LogP contribution is 2.37. The molecule has 4 rings (SSSR count). The largest absolute Gasteiger partial charge is 0.351 e. The lowest BCUT2D eigenvalue weighted by Gasteiger charge is -2.41. The summed E-state index contributed by atoms with van der Waals surface area (Å²) in [7, 11) is 4.04. The van der Waals surface area contributed by atoms with E-state index in [4.69, 9.17) is 16.7 Å². The van der Waals surface area contributed by atoms with Crippen LogP contribution in [0.5, 0.6) is 0 Å². The molecule has 0 bridgehead atoms. The first-order valence-corrected chi connectivity index (χ1v) is 13.6. The molecular weight excluding hydrogens is 504 g/mol. The van der Waals surface area contributed by atoms with E-state index in [1.54, 1.807) is 34.0 Å². The maximum Gasteiger partial charge on any atom is 0.284 e. The molecular formula is C26H32ClN8OSi. The first kappa shape index (κ1) is 26.8. The minimum atomic E-state index is -0.202. The zero-order chi connectivity index (χ0) is 26.7. The Balaban J connectivity index is 2.01. The molecule has 37 heavy (non-hydrogen) atoms. The number of rotatable bonds is 10. The number of imidazole rings is 1. The van der Waals surface area contributed by atoms with Gasteiger partial charge in [0.05, 0.1) is 11.3 Å². The van der Waals surface area contributed by atoms with Crippen molar-refractivity contribution in [1.82, 2.24) is 34.1 Å². The van der Waals surface area contributed by atoms with Crippen molar-refractivity contribution in [2.75, 3.05) is 11.4 Å². The minimum Gasteiger partial charge on any atom is -0.351 e. The Morgan fingerprint density at radius 3 is 2.65 bits per heavy atom. The van der Waals surface area contributed by atoms with Gasteiger partial charge in [-0.15, -0.1) is 0 Å². The Kier molecular flexibility index (Phi) is 8.28. The van der Waals surface area contributed by atoms with E-state index >= 15 is 0 Å². The van der Waals surface area contributed by atoms with Crippen molar-refractivity contribution >= 4 is 50.0 Å². The smallest absolute Gasteiger partial charge is 0.284 e. The monoisotopic (exact) mass is 535 g/mol. The number of likely N-dealkylation sites (N-methyl/N-ethyl adjacent to an activating group) is 1. The Bertz CT molecular complexity index is 1500. The van der Waals surface area contributed by atoms with Crippen LogP contribution >= 0.6 is 11.6 Å². The number of fused-ring (bicyclic) bond motifs is 2. The number of allylic oxidation sites excluding steroid dienone is 4. The molecule has 0 amide bonds. The molecule has 0 fully saturated rings. The highest BCUT2D eigenvalue weighted by molar-refractivity contribution is 6.33. The molecule has 4 heterocycles. The van der Waals surface area contributed by atoms with Gasteiger partial charge in [0.25, 0.3) is 5.56 Å². The van der Waals surface area contributed by atoms with Crippen molar-refractivity contribution in [3.05, 3.63) is 64.3 Å². The molecule has 0 saturated heterocycles. The van der Waals surface area contributed by atoms with Crippen molar-refractivity contribution < 1.29 is 0 Å². The van der Waals surface area contributed by atoms with Gasteiger partial charge in [0.2, 0.25) is 0 Å². The number of anilines is 1. The maximum atomic E-state index is 13.9. The Morgan fingerprint density at radius 1 is 1.22 bits per heavy atom. The molecule has 4 aromatic rings. The number of halogens is 1. The summed E-state index contributed by atoms with van der Waals surface area (Å²) >= 11 is 6.42. The van der Waals surface area contributed by atoms with Crippen LogP contribution in [0.1, 0.15) is 59.2 Å². The van der Waals surface area contributed by atoms with Gasteiger partial charge in [0.15, 0.2) is 11.5 Å². The van der Waals surface area contributed by atoms with Crippen molar-refractivity contribution in [2.24, 2.45) is 0 Å². The third kappa shape index (κ3) is 4.75. The second kappa shape index (κ2) is 11.4. The molecule has 0 aliphatic carbocycles. The summed E-state index contributed by atoms with van der Waals surface area (Å²) in [6, 6.07) is 1.61. The molecule has 0 spiro atoms. The molecule has 0 aliphatic heterocycles. The van der Waals surface area contributed by atoms with E-state index in [0.29, 0.717) is 28.6 Å². The average Bonchev–Trinajstić information content (AvgIpc) is 3.54. The topological polar surface area (TPSA) is 97.0 Å². The van der Waals surface area contributed by atoms with Crippen LogP contribution in [0, 0.1) is 0 Å². The van der Waals surface area contributed by atoms with E-state index in [1.165, 1.54) is 0 Å². The van der Waals surface area contributed by atoms with Crippen molar-refractivity contribution in [2.45, 2.75) is 65.0 Å². The molecule has 3 radical (unpaired) electrons. The molecule has 4 aromatic heterocycles. The fraction of sp³-hybridized carbons (Fsp3) is 0.423. The second-order valence-corrected chi connectivity index (χ2v) is 9.92. The molecule has 9 nitrogen and oxygen atoms in total. The Morgan fingerprint density at radius 2 is 2.00 bits per heavy atom. The van der Waals surface area contributed by atoms with Crippen LogP contribution in [0.2, 0.25) is 10.6 Å². The summed E-state index contributed by atoms with van der Waals surface area (Å²) in [5, 5.41) is 5.38. The summed E-state index contributed by atoms with van der Waals surface area (Å²) in [5.74, 6) is 1.28. The first-order valence-electron chi connectivity index (χ1n) is 12.6. The van der Waals surface area contributed by atoms with Crippen LogP contribution in [-0.4, -0.2) is 56.9 Å². The first-order chi connectivity index (χ1) is 17.9. The maximum absolute atomic E-state index is 13.9. The van der Waals surface area contributed by atoms with Gasteiger partial charge in [-0.05, 0) is 44.9 Å². The number of H-pyrrole nitrogens is 1.